The third-order valence-electron chi connectivity index (χ3n) is 4.42. The van der Waals surface area contributed by atoms with Crippen LogP contribution in [0.2, 0.25) is 0 Å². The first-order valence-electron chi connectivity index (χ1n) is 9.16. The number of likely N-dealkylation sites (N-methyl/N-ethyl adjacent to an activating group) is 1. The van der Waals surface area contributed by atoms with Gasteiger partial charge < -0.3 is 24.8 Å². The Morgan fingerprint density at radius 3 is 2.74 bits per heavy atom. The standard InChI is InChI=1S/C20H31N3O4/c1-13(23(5)9-10-26-6)21-15-8-7-14-11-17(24)18(16(14)12-15)22-19(25)27-20(2,3)4/h7-8,12,17-18,24H,9-11H2,1-6H3,(H,22,25)/b21-13+/t17-,18-/m1/s1. The van der Waals surface area contributed by atoms with Gasteiger partial charge in [-0.15, -0.1) is 0 Å². The highest BCUT2D eigenvalue weighted by atomic mass is 16.6. The van der Waals surface area contributed by atoms with Gasteiger partial charge in [-0.2, -0.15) is 0 Å². The number of ether oxygens (including phenoxy) is 2. The molecular formula is C20H31N3O4. The second-order valence-corrected chi connectivity index (χ2v) is 7.85. The summed E-state index contributed by atoms with van der Waals surface area (Å²) in [4.78, 5) is 18.8. The molecule has 1 amide bonds. The predicted molar refractivity (Wildman–Crippen MR) is 106 cm³/mol. The highest BCUT2D eigenvalue weighted by molar-refractivity contribution is 5.82. The van der Waals surface area contributed by atoms with Gasteiger partial charge in [0.05, 0.1) is 24.4 Å². The Morgan fingerprint density at radius 2 is 2.11 bits per heavy atom. The number of carbonyl (C=O) groups excluding carboxylic acids is 1. The smallest absolute Gasteiger partial charge is 0.408 e. The number of nitrogens with one attached hydrogen (secondary N) is 1. The van der Waals surface area contributed by atoms with Gasteiger partial charge in [-0.1, -0.05) is 6.07 Å². The first-order valence-corrected chi connectivity index (χ1v) is 9.16. The highest BCUT2D eigenvalue weighted by Gasteiger charge is 2.33. The van der Waals surface area contributed by atoms with Crippen LogP contribution in [0.3, 0.4) is 0 Å². The molecule has 7 nitrogen and oxygen atoms in total. The minimum absolute atomic E-state index is 0.493. The molecule has 1 aromatic carbocycles. The molecule has 0 saturated heterocycles. The van der Waals surface area contributed by atoms with E-state index in [0.29, 0.717) is 13.0 Å². The zero-order chi connectivity index (χ0) is 20.2. The number of aliphatic imine (C=N–C) groups is 1. The molecule has 1 aliphatic rings. The molecule has 0 saturated carbocycles. The molecule has 27 heavy (non-hydrogen) atoms. The van der Waals surface area contributed by atoms with E-state index in [1.165, 1.54) is 0 Å². The topological polar surface area (TPSA) is 83.4 Å². The number of amides is 1. The number of aliphatic hydroxyl groups is 1. The van der Waals surface area contributed by atoms with Gasteiger partial charge in [0, 0.05) is 27.1 Å². The summed E-state index contributed by atoms with van der Waals surface area (Å²) >= 11 is 0. The van der Waals surface area contributed by atoms with E-state index in [4.69, 9.17) is 9.47 Å². The van der Waals surface area contributed by atoms with Crippen molar-refractivity contribution < 1.29 is 19.4 Å². The van der Waals surface area contributed by atoms with E-state index >= 15 is 0 Å². The quantitative estimate of drug-likeness (QED) is 0.609. The number of alkyl carbamates (subject to hydrolysis) is 1. The monoisotopic (exact) mass is 377 g/mol. The molecule has 2 N–H and O–H groups in total. The third-order valence-corrected chi connectivity index (χ3v) is 4.42. The van der Waals surface area contributed by atoms with Gasteiger partial charge in [-0.3, -0.25) is 0 Å². The molecule has 2 rings (SSSR count). The zero-order valence-electron chi connectivity index (χ0n) is 17.1. The summed E-state index contributed by atoms with van der Waals surface area (Å²) < 4.78 is 10.4. The number of hydrogen-bond donors (Lipinski definition) is 2. The van der Waals surface area contributed by atoms with Crippen molar-refractivity contribution in [3.05, 3.63) is 29.3 Å². The fourth-order valence-corrected chi connectivity index (χ4v) is 2.95. The van der Waals surface area contributed by atoms with Crippen LogP contribution in [0.1, 0.15) is 44.9 Å². The lowest BCUT2D eigenvalue weighted by atomic mass is 10.1. The number of carbonyl (C=O) groups is 1. The van der Waals surface area contributed by atoms with Gasteiger partial charge in [-0.25, -0.2) is 9.79 Å². The molecule has 0 aliphatic heterocycles. The van der Waals surface area contributed by atoms with Crippen molar-refractivity contribution >= 4 is 17.6 Å². The number of methoxy groups -OCH3 is 1. The summed E-state index contributed by atoms with van der Waals surface area (Å²) in [6.45, 7) is 8.73. The molecule has 1 aliphatic carbocycles. The van der Waals surface area contributed by atoms with Crippen LogP contribution in [-0.2, 0) is 15.9 Å². The van der Waals surface area contributed by atoms with E-state index in [1.54, 1.807) is 27.9 Å². The van der Waals surface area contributed by atoms with Crippen molar-refractivity contribution in [1.82, 2.24) is 10.2 Å². The Morgan fingerprint density at radius 1 is 1.41 bits per heavy atom. The Hall–Kier alpha value is -2.12. The van der Waals surface area contributed by atoms with Gasteiger partial charge in [0.2, 0.25) is 0 Å². The van der Waals surface area contributed by atoms with E-state index < -0.39 is 23.8 Å². The van der Waals surface area contributed by atoms with Crippen LogP contribution in [0.5, 0.6) is 0 Å². The average Bonchev–Trinajstić information content (AvgIpc) is 2.86. The lowest BCUT2D eigenvalue weighted by molar-refractivity contribution is 0.0438. The molecule has 0 unspecified atom stereocenters. The predicted octanol–water partition coefficient (Wildman–Crippen LogP) is 2.80. The number of nitrogens with zero attached hydrogens (tertiary/aromatic N) is 2. The van der Waals surface area contributed by atoms with Crippen LogP contribution >= 0.6 is 0 Å². The van der Waals surface area contributed by atoms with Crippen LogP contribution in [-0.4, -0.2) is 60.9 Å². The zero-order valence-corrected chi connectivity index (χ0v) is 17.1. The second kappa shape index (κ2) is 8.71. The lowest BCUT2D eigenvalue weighted by Crippen LogP contribution is -2.38. The molecular weight excluding hydrogens is 346 g/mol. The fourth-order valence-electron chi connectivity index (χ4n) is 2.95. The fraction of sp³-hybridized carbons (Fsp3) is 0.600. The van der Waals surface area contributed by atoms with Crippen LogP contribution < -0.4 is 5.32 Å². The van der Waals surface area contributed by atoms with Gasteiger partial charge in [0.25, 0.3) is 0 Å². The Bertz CT molecular complexity index is 697. The number of aliphatic hydroxyl groups excluding tert-OH is 1. The number of benzene rings is 1. The molecule has 2 atom stereocenters. The Kier molecular flexibility index (Phi) is 6.84. The minimum Gasteiger partial charge on any atom is -0.444 e. The van der Waals surface area contributed by atoms with E-state index in [1.807, 2.05) is 37.1 Å². The molecule has 0 radical (unpaired) electrons. The van der Waals surface area contributed by atoms with E-state index in [0.717, 1.165) is 29.2 Å². The molecule has 0 fully saturated rings. The minimum atomic E-state index is -0.683. The molecule has 1 aromatic rings. The summed E-state index contributed by atoms with van der Waals surface area (Å²) in [6, 6.07) is 5.30. The van der Waals surface area contributed by atoms with E-state index in [9.17, 15) is 9.90 Å². The van der Waals surface area contributed by atoms with Gasteiger partial charge in [-0.05, 0) is 51.0 Å². The van der Waals surface area contributed by atoms with Crippen molar-refractivity contribution in [3.63, 3.8) is 0 Å². The summed E-state index contributed by atoms with van der Waals surface area (Å²) in [5.41, 5.74) is 2.07. The van der Waals surface area contributed by atoms with Crippen LogP contribution in [0.25, 0.3) is 0 Å². The lowest BCUT2D eigenvalue weighted by Gasteiger charge is -2.23. The molecule has 150 valence electrons. The first kappa shape index (κ1) is 21.2. The maximum absolute atomic E-state index is 12.1. The van der Waals surface area contributed by atoms with Crippen LogP contribution in [0, 0.1) is 0 Å². The summed E-state index contributed by atoms with van der Waals surface area (Å²) in [5, 5.41) is 13.2. The molecule has 0 bridgehead atoms. The van der Waals surface area contributed by atoms with Crippen molar-refractivity contribution in [2.75, 3.05) is 27.3 Å². The van der Waals surface area contributed by atoms with E-state index in [-0.39, 0.29) is 0 Å². The third kappa shape index (κ3) is 5.94. The Labute approximate surface area is 161 Å². The number of rotatable bonds is 5. The summed E-state index contributed by atoms with van der Waals surface area (Å²) in [5.74, 6) is 0.863. The largest absolute Gasteiger partial charge is 0.444 e. The maximum atomic E-state index is 12.1. The molecule has 0 aromatic heterocycles. The Balaban J connectivity index is 2.17. The second-order valence-electron chi connectivity index (χ2n) is 7.85. The molecule has 0 heterocycles. The highest BCUT2D eigenvalue weighted by Crippen LogP contribution is 2.34. The van der Waals surface area contributed by atoms with Gasteiger partial charge >= 0.3 is 6.09 Å². The van der Waals surface area contributed by atoms with Crippen LogP contribution in [0.4, 0.5) is 10.5 Å². The molecule has 7 heteroatoms. The summed E-state index contributed by atoms with van der Waals surface area (Å²) in [7, 11) is 3.63. The molecule has 0 spiro atoms. The number of fused-ring (bicyclic) bond motifs is 1. The van der Waals surface area contributed by atoms with Gasteiger partial charge in [0.15, 0.2) is 0 Å². The van der Waals surface area contributed by atoms with E-state index in [2.05, 4.69) is 10.3 Å². The number of hydrogen-bond acceptors (Lipinski definition) is 5. The average molecular weight is 377 g/mol. The van der Waals surface area contributed by atoms with Crippen molar-refractivity contribution in [2.24, 2.45) is 4.99 Å². The van der Waals surface area contributed by atoms with Crippen molar-refractivity contribution in [3.8, 4) is 0 Å². The first-order chi connectivity index (χ1) is 12.6. The number of amidine groups is 1. The maximum Gasteiger partial charge on any atom is 0.408 e. The van der Waals surface area contributed by atoms with Gasteiger partial charge in [0.1, 0.15) is 11.4 Å². The van der Waals surface area contributed by atoms with Crippen LogP contribution in [0.15, 0.2) is 23.2 Å². The van der Waals surface area contributed by atoms with Crippen molar-refractivity contribution in [2.45, 2.75) is 51.9 Å². The summed E-state index contributed by atoms with van der Waals surface area (Å²) in [6.07, 6.45) is -0.729. The SMILES string of the molecule is COCCN(C)/C(C)=N/c1ccc2c(c1)[C@@H](NC(=O)OC(C)(C)C)[C@H](O)C2. The van der Waals surface area contributed by atoms with Crippen molar-refractivity contribution in [1.29, 1.82) is 0 Å². The normalized spacial score (nSPS) is 19.6.